The summed E-state index contributed by atoms with van der Waals surface area (Å²) in [6, 6.07) is 7.27. The van der Waals surface area contributed by atoms with Crippen LogP contribution in [0.2, 0.25) is 0 Å². The number of hydrogen-bond acceptors (Lipinski definition) is 4. The van der Waals surface area contributed by atoms with Crippen LogP contribution in [-0.4, -0.2) is 27.3 Å². The van der Waals surface area contributed by atoms with E-state index in [1.165, 1.54) is 0 Å². The first-order chi connectivity index (χ1) is 8.48. The topological polar surface area (TPSA) is 82.0 Å². The summed E-state index contributed by atoms with van der Waals surface area (Å²) in [5.74, 6) is -0.0260. The third kappa shape index (κ3) is 4.64. The van der Waals surface area contributed by atoms with Crippen molar-refractivity contribution in [2.75, 3.05) is 24.2 Å². The molecule has 7 heteroatoms. The minimum absolute atomic E-state index is 0.0260. The average Bonchev–Trinajstić information content (AvgIpc) is 2.30. The lowest BCUT2D eigenvalue weighted by Crippen LogP contribution is -2.29. The summed E-state index contributed by atoms with van der Waals surface area (Å²) in [6.45, 7) is 2.36. The van der Waals surface area contributed by atoms with Gasteiger partial charge in [0, 0.05) is 17.6 Å². The van der Waals surface area contributed by atoms with Gasteiger partial charge in [0.25, 0.3) is 0 Å². The predicted octanol–water partition coefficient (Wildman–Crippen LogP) is 1.67. The van der Waals surface area contributed by atoms with Crippen molar-refractivity contribution in [2.24, 2.45) is 0 Å². The van der Waals surface area contributed by atoms with Gasteiger partial charge in [0.05, 0.1) is 17.0 Å². The third-order valence-corrected chi connectivity index (χ3v) is 4.12. The zero-order valence-corrected chi connectivity index (χ0v) is 12.3. The zero-order chi connectivity index (χ0) is 13.6. The predicted molar refractivity (Wildman–Crippen MR) is 74.8 cm³/mol. The molecule has 0 radical (unpaired) electrons. The summed E-state index contributed by atoms with van der Waals surface area (Å²) in [4.78, 5) is 0. The monoisotopic (exact) mass is 331 g/mol. The van der Waals surface area contributed by atoms with E-state index in [-0.39, 0.29) is 12.3 Å². The molecule has 0 unspecified atom stereocenters. The Morgan fingerprint density at radius 3 is 2.78 bits per heavy atom. The zero-order valence-electron chi connectivity index (χ0n) is 9.90. The first-order valence-electron chi connectivity index (χ1n) is 5.39. The summed E-state index contributed by atoms with van der Waals surface area (Å²) >= 11 is 3.27. The van der Waals surface area contributed by atoms with Crippen molar-refractivity contribution in [1.82, 2.24) is 4.72 Å². The van der Waals surface area contributed by atoms with Gasteiger partial charge in [-0.15, -0.1) is 0 Å². The number of benzene rings is 1. The Morgan fingerprint density at radius 2 is 2.17 bits per heavy atom. The van der Waals surface area contributed by atoms with Crippen molar-refractivity contribution in [2.45, 2.75) is 6.92 Å². The first kappa shape index (κ1) is 15.0. The van der Waals surface area contributed by atoms with E-state index in [0.717, 1.165) is 4.47 Å². The van der Waals surface area contributed by atoms with E-state index in [2.05, 4.69) is 32.0 Å². The SMILES string of the molecule is CCNS(=O)(=O)CCNc1ccc(Br)cc1C#N. The summed E-state index contributed by atoms with van der Waals surface area (Å²) in [5, 5.41) is 11.9. The summed E-state index contributed by atoms with van der Waals surface area (Å²) < 4.78 is 26.0. The second kappa shape index (κ2) is 6.73. The van der Waals surface area contributed by atoms with Crippen LogP contribution < -0.4 is 10.0 Å². The lowest BCUT2D eigenvalue weighted by atomic mass is 10.2. The van der Waals surface area contributed by atoms with Crippen molar-refractivity contribution in [3.63, 3.8) is 0 Å². The van der Waals surface area contributed by atoms with Gasteiger partial charge in [0.15, 0.2) is 0 Å². The molecule has 0 atom stereocenters. The van der Waals surface area contributed by atoms with E-state index >= 15 is 0 Å². The molecule has 0 aliphatic carbocycles. The van der Waals surface area contributed by atoms with Crippen LogP contribution in [0.5, 0.6) is 0 Å². The highest BCUT2D eigenvalue weighted by molar-refractivity contribution is 9.10. The Bertz CT molecular complexity index is 552. The van der Waals surface area contributed by atoms with Crippen LogP contribution in [0, 0.1) is 11.3 Å². The number of rotatable bonds is 6. The Kier molecular flexibility index (Phi) is 5.59. The van der Waals surface area contributed by atoms with Crippen molar-refractivity contribution < 1.29 is 8.42 Å². The molecule has 0 aliphatic rings. The van der Waals surface area contributed by atoms with E-state index < -0.39 is 10.0 Å². The van der Waals surface area contributed by atoms with E-state index in [1.807, 2.05) is 0 Å². The molecule has 0 aromatic heterocycles. The van der Waals surface area contributed by atoms with Crippen molar-refractivity contribution in [3.05, 3.63) is 28.2 Å². The highest BCUT2D eigenvalue weighted by atomic mass is 79.9. The van der Waals surface area contributed by atoms with Crippen LogP contribution in [0.3, 0.4) is 0 Å². The largest absolute Gasteiger partial charge is 0.383 e. The quantitative estimate of drug-likeness (QED) is 0.830. The van der Waals surface area contributed by atoms with Crippen LogP contribution in [0.4, 0.5) is 5.69 Å². The standard InChI is InChI=1S/C11H14BrN3O2S/c1-2-15-18(16,17)6-5-14-11-4-3-10(12)7-9(11)8-13/h3-4,7,14-15H,2,5-6H2,1H3. The molecule has 2 N–H and O–H groups in total. The highest BCUT2D eigenvalue weighted by Gasteiger charge is 2.08. The molecule has 0 saturated heterocycles. The maximum absolute atomic E-state index is 11.4. The fourth-order valence-corrected chi connectivity index (χ4v) is 2.69. The maximum atomic E-state index is 11.4. The second-order valence-electron chi connectivity index (χ2n) is 3.55. The van der Waals surface area contributed by atoms with Gasteiger partial charge in [0.1, 0.15) is 6.07 Å². The van der Waals surface area contributed by atoms with Gasteiger partial charge in [-0.2, -0.15) is 5.26 Å². The molecule has 0 spiro atoms. The van der Waals surface area contributed by atoms with E-state index in [0.29, 0.717) is 17.8 Å². The molecular weight excluding hydrogens is 318 g/mol. The molecule has 0 fully saturated rings. The molecule has 1 aromatic carbocycles. The Balaban J connectivity index is 2.63. The molecule has 5 nitrogen and oxygen atoms in total. The normalized spacial score (nSPS) is 10.9. The van der Waals surface area contributed by atoms with Gasteiger partial charge >= 0.3 is 0 Å². The highest BCUT2D eigenvalue weighted by Crippen LogP contribution is 2.19. The van der Waals surface area contributed by atoms with Gasteiger partial charge in [-0.3, -0.25) is 0 Å². The Labute approximate surface area is 115 Å². The third-order valence-electron chi connectivity index (χ3n) is 2.15. The second-order valence-corrected chi connectivity index (χ2v) is 6.39. The summed E-state index contributed by atoms with van der Waals surface area (Å²) in [5.41, 5.74) is 1.11. The van der Waals surface area contributed by atoms with Gasteiger partial charge in [-0.25, -0.2) is 13.1 Å². The average molecular weight is 332 g/mol. The van der Waals surface area contributed by atoms with Crippen LogP contribution in [0.25, 0.3) is 0 Å². The lowest BCUT2D eigenvalue weighted by molar-refractivity contribution is 0.584. The van der Waals surface area contributed by atoms with Crippen molar-refractivity contribution in [3.8, 4) is 6.07 Å². The molecule has 1 rings (SSSR count). The van der Waals surface area contributed by atoms with Crippen molar-refractivity contribution >= 4 is 31.6 Å². The number of nitriles is 1. The molecule has 18 heavy (non-hydrogen) atoms. The number of anilines is 1. The van der Waals surface area contributed by atoms with Crippen LogP contribution in [-0.2, 0) is 10.0 Å². The van der Waals surface area contributed by atoms with Crippen molar-refractivity contribution in [1.29, 1.82) is 5.26 Å². The molecule has 0 amide bonds. The number of sulfonamides is 1. The van der Waals surface area contributed by atoms with Crippen LogP contribution in [0.1, 0.15) is 12.5 Å². The molecule has 0 aliphatic heterocycles. The molecular formula is C11H14BrN3O2S. The van der Waals surface area contributed by atoms with Crippen LogP contribution in [0.15, 0.2) is 22.7 Å². The molecule has 1 aromatic rings. The maximum Gasteiger partial charge on any atom is 0.213 e. The minimum Gasteiger partial charge on any atom is -0.383 e. The number of hydrogen-bond donors (Lipinski definition) is 2. The fraction of sp³-hybridized carbons (Fsp3) is 0.364. The van der Waals surface area contributed by atoms with E-state index in [1.54, 1.807) is 25.1 Å². The van der Waals surface area contributed by atoms with Gasteiger partial charge in [-0.1, -0.05) is 22.9 Å². The van der Waals surface area contributed by atoms with E-state index in [4.69, 9.17) is 5.26 Å². The van der Waals surface area contributed by atoms with Gasteiger partial charge in [0.2, 0.25) is 10.0 Å². The number of nitrogens with one attached hydrogen (secondary N) is 2. The van der Waals surface area contributed by atoms with Gasteiger partial charge in [-0.05, 0) is 18.2 Å². The molecule has 0 heterocycles. The molecule has 0 saturated carbocycles. The summed E-state index contributed by atoms with van der Waals surface area (Å²) in [7, 11) is -3.23. The van der Waals surface area contributed by atoms with Crippen LogP contribution >= 0.6 is 15.9 Å². The molecule has 0 bridgehead atoms. The number of halogens is 1. The van der Waals surface area contributed by atoms with Gasteiger partial charge < -0.3 is 5.32 Å². The smallest absolute Gasteiger partial charge is 0.213 e. The minimum atomic E-state index is -3.23. The lowest BCUT2D eigenvalue weighted by Gasteiger charge is -2.09. The Morgan fingerprint density at radius 1 is 1.44 bits per heavy atom. The molecule has 98 valence electrons. The Hall–Kier alpha value is -1.10. The fourth-order valence-electron chi connectivity index (χ4n) is 1.38. The van der Waals surface area contributed by atoms with E-state index in [9.17, 15) is 8.42 Å². The summed E-state index contributed by atoms with van der Waals surface area (Å²) in [6.07, 6.45) is 0. The number of nitrogens with zero attached hydrogens (tertiary/aromatic N) is 1. The first-order valence-corrected chi connectivity index (χ1v) is 7.84.